The van der Waals surface area contributed by atoms with E-state index in [0.717, 1.165) is 5.52 Å². The summed E-state index contributed by atoms with van der Waals surface area (Å²) in [7, 11) is 0. The maximum atomic E-state index is 4.41. The third-order valence-electron chi connectivity index (χ3n) is 2.79. The van der Waals surface area contributed by atoms with Gasteiger partial charge in [-0.3, -0.25) is 4.98 Å². The number of pyridine rings is 1. The van der Waals surface area contributed by atoms with Gasteiger partial charge in [-0.25, -0.2) is 0 Å². The van der Waals surface area contributed by atoms with Crippen molar-refractivity contribution in [1.29, 1.82) is 0 Å². The first-order valence-electron chi connectivity index (χ1n) is 5.44. The van der Waals surface area contributed by atoms with Gasteiger partial charge in [0.05, 0.1) is 5.52 Å². The number of hydrogen-bond acceptors (Lipinski definition) is 1. The number of nitrogens with zero attached hydrogens (tertiary/aromatic N) is 1. The molecule has 2 heteroatoms. The van der Waals surface area contributed by atoms with Crippen molar-refractivity contribution < 1.29 is 0 Å². The van der Waals surface area contributed by atoms with E-state index in [1.54, 1.807) is 0 Å². The van der Waals surface area contributed by atoms with Crippen LogP contribution in [-0.4, -0.2) is 4.98 Å². The molecule has 0 radical (unpaired) electrons. The fourth-order valence-electron chi connectivity index (χ4n) is 1.99. The standard InChI is InChI=1S/C15H10IN/c16-12-6-7-15-14(10-12)13(8-9-17-15)11-4-2-1-3-5-11/h1-10H. The van der Waals surface area contributed by atoms with E-state index in [0.29, 0.717) is 0 Å². The van der Waals surface area contributed by atoms with Gasteiger partial charge in [-0.1, -0.05) is 30.3 Å². The molecule has 17 heavy (non-hydrogen) atoms. The van der Waals surface area contributed by atoms with Gasteiger partial charge in [0.15, 0.2) is 0 Å². The van der Waals surface area contributed by atoms with Crippen molar-refractivity contribution in [3.8, 4) is 11.1 Å². The zero-order valence-corrected chi connectivity index (χ0v) is 11.3. The molecule has 1 nitrogen and oxygen atoms in total. The van der Waals surface area contributed by atoms with Crippen LogP contribution in [0.2, 0.25) is 0 Å². The maximum Gasteiger partial charge on any atom is 0.0708 e. The average Bonchev–Trinajstić information content (AvgIpc) is 2.39. The lowest BCUT2D eigenvalue weighted by Crippen LogP contribution is -1.84. The van der Waals surface area contributed by atoms with Gasteiger partial charge in [0.2, 0.25) is 0 Å². The predicted octanol–water partition coefficient (Wildman–Crippen LogP) is 4.51. The molecule has 0 saturated heterocycles. The molecule has 0 aliphatic heterocycles. The van der Waals surface area contributed by atoms with E-state index < -0.39 is 0 Å². The summed E-state index contributed by atoms with van der Waals surface area (Å²) in [6.07, 6.45) is 1.87. The van der Waals surface area contributed by atoms with Crippen LogP contribution < -0.4 is 0 Å². The van der Waals surface area contributed by atoms with Gasteiger partial charge in [0.25, 0.3) is 0 Å². The van der Waals surface area contributed by atoms with Crippen LogP contribution in [0.25, 0.3) is 22.0 Å². The second kappa shape index (κ2) is 4.45. The Balaban J connectivity index is 2.33. The third kappa shape index (κ3) is 2.05. The molecule has 0 spiro atoms. The second-order valence-electron chi connectivity index (χ2n) is 3.89. The minimum atomic E-state index is 1.05. The van der Waals surface area contributed by atoms with Crippen molar-refractivity contribution in [2.24, 2.45) is 0 Å². The quantitative estimate of drug-likeness (QED) is 0.598. The van der Waals surface area contributed by atoms with Crippen LogP contribution in [0.5, 0.6) is 0 Å². The summed E-state index contributed by atoms with van der Waals surface area (Å²) in [5, 5.41) is 1.21. The number of rotatable bonds is 1. The molecule has 0 atom stereocenters. The van der Waals surface area contributed by atoms with Gasteiger partial charge in [-0.2, -0.15) is 0 Å². The van der Waals surface area contributed by atoms with Crippen molar-refractivity contribution in [2.45, 2.75) is 0 Å². The maximum absolute atomic E-state index is 4.41. The Morgan fingerprint density at radius 3 is 2.53 bits per heavy atom. The minimum absolute atomic E-state index is 1.05. The summed E-state index contributed by atoms with van der Waals surface area (Å²) in [6, 6.07) is 18.9. The largest absolute Gasteiger partial charge is 0.256 e. The number of hydrogen-bond donors (Lipinski definition) is 0. The Bertz CT molecular complexity index is 662. The van der Waals surface area contributed by atoms with E-state index in [9.17, 15) is 0 Å². The normalized spacial score (nSPS) is 10.6. The molecule has 0 N–H and O–H groups in total. The molecule has 0 bridgehead atoms. The smallest absolute Gasteiger partial charge is 0.0708 e. The van der Waals surface area contributed by atoms with Crippen molar-refractivity contribution in [3.63, 3.8) is 0 Å². The van der Waals surface area contributed by atoms with Crippen molar-refractivity contribution >= 4 is 33.5 Å². The second-order valence-corrected chi connectivity index (χ2v) is 5.13. The molecule has 2 aromatic carbocycles. The number of benzene rings is 2. The molecule has 0 unspecified atom stereocenters. The molecule has 0 aliphatic carbocycles. The van der Waals surface area contributed by atoms with Crippen LogP contribution in [0.15, 0.2) is 60.8 Å². The molecule has 0 saturated carbocycles. The Hall–Kier alpha value is -1.42. The molecule has 82 valence electrons. The molecule has 1 heterocycles. The molecule has 0 aliphatic rings. The van der Waals surface area contributed by atoms with Crippen molar-refractivity contribution in [1.82, 2.24) is 4.98 Å². The van der Waals surface area contributed by atoms with E-state index in [1.165, 1.54) is 20.1 Å². The highest BCUT2D eigenvalue weighted by molar-refractivity contribution is 14.1. The van der Waals surface area contributed by atoms with E-state index in [-0.39, 0.29) is 0 Å². The van der Waals surface area contributed by atoms with Crippen LogP contribution in [-0.2, 0) is 0 Å². The Morgan fingerprint density at radius 1 is 0.882 bits per heavy atom. The lowest BCUT2D eigenvalue weighted by atomic mass is 10.0. The predicted molar refractivity (Wildman–Crippen MR) is 79.9 cm³/mol. The Labute approximate surface area is 114 Å². The fraction of sp³-hybridized carbons (Fsp3) is 0. The number of fused-ring (bicyclic) bond motifs is 1. The highest BCUT2D eigenvalue weighted by atomic mass is 127. The monoisotopic (exact) mass is 331 g/mol. The van der Waals surface area contributed by atoms with Crippen LogP contribution in [0.3, 0.4) is 0 Å². The topological polar surface area (TPSA) is 12.9 Å². The Morgan fingerprint density at radius 2 is 1.71 bits per heavy atom. The van der Waals surface area contributed by atoms with Crippen LogP contribution >= 0.6 is 22.6 Å². The first kappa shape index (κ1) is 10.7. The molecule has 3 rings (SSSR count). The summed E-state index contributed by atoms with van der Waals surface area (Å²) in [5.74, 6) is 0. The SMILES string of the molecule is Ic1ccc2nccc(-c3ccccc3)c2c1. The lowest BCUT2D eigenvalue weighted by molar-refractivity contribution is 1.41. The summed E-state index contributed by atoms with van der Waals surface area (Å²) in [4.78, 5) is 4.41. The number of halogens is 1. The average molecular weight is 331 g/mol. The molecule has 1 aromatic heterocycles. The zero-order chi connectivity index (χ0) is 11.7. The minimum Gasteiger partial charge on any atom is -0.256 e. The summed E-state index contributed by atoms with van der Waals surface area (Å²) in [6.45, 7) is 0. The summed E-state index contributed by atoms with van der Waals surface area (Å²) in [5.41, 5.74) is 3.53. The Kier molecular flexibility index (Phi) is 2.81. The van der Waals surface area contributed by atoms with Crippen molar-refractivity contribution in [3.05, 3.63) is 64.4 Å². The third-order valence-corrected chi connectivity index (χ3v) is 3.46. The first-order valence-corrected chi connectivity index (χ1v) is 6.52. The molecular weight excluding hydrogens is 321 g/mol. The van der Waals surface area contributed by atoms with E-state index in [1.807, 2.05) is 12.3 Å². The zero-order valence-electron chi connectivity index (χ0n) is 9.10. The molecular formula is C15H10IN. The van der Waals surface area contributed by atoms with Crippen LogP contribution in [0.1, 0.15) is 0 Å². The molecule has 0 amide bonds. The first-order chi connectivity index (χ1) is 8.34. The highest BCUT2D eigenvalue weighted by Crippen LogP contribution is 2.28. The van der Waals surface area contributed by atoms with E-state index in [4.69, 9.17) is 0 Å². The van der Waals surface area contributed by atoms with Crippen LogP contribution in [0, 0.1) is 3.57 Å². The molecule has 3 aromatic rings. The highest BCUT2D eigenvalue weighted by Gasteiger charge is 2.04. The number of aromatic nitrogens is 1. The fourth-order valence-corrected chi connectivity index (χ4v) is 2.48. The van der Waals surface area contributed by atoms with E-state index in [2.05, 4.69) is 76.1 Å². The molecule has 0 fully saturated rings. The van der Waals surface area contributed by atoms with Gasteiger partial charge in [-0.15, -0.1) is 0 Å². The van der Waals surface area contributed by atoms with Crippen molar-refractivity contribution in [2.75, 3.05) is 0 Å². The summed E-state index contributed by atoms with van der Waals surface area (Å²) >= 11 is 2.34. The van der Waals surface area contributed by atoms with Gasteiger partial charge in [0.1, 0.15) is 0 Å². The van der Waals surface area contributed by atoms with Crippen LogP contribution in [0.4, 0.5) is 0 Å². The van der Waals surface area contributed by atoms with Gasteiger partial charge < -0.3 is 0 Å². The summed E-state index contributed by atoms with van der Waals surface area (Å²) < 4.78 is 1.24. The van der Waals surface area contributed by atoms with Gasteiger partial charge in [0, 0.05) is 15.2 Å². The lowest BCUT2D eigenvalue weighted by Gasteiger charge is -2.06. The van der Waals surface area contributed by atoms with Gasteiger partial charge in [-0.05, 0) is 58.0 Å². The van der Waals surface area contributed by atoms with Gasteiger partial charge >= 0.3 is 0 Å². The van der Waals surface area contributed by atoms with E-state index >= 15 is 0 Å².